The first-order valence-electron chi connectivity index (χ1n) is 5.61. The second-order valence-electron chi connectivity index (χ2n) is 3.99. The fraction of sp³-hybridized carbons (Fsp3) is 0.231. The van der Waals surface area contributed by atoms with Crippen molar-refractivity contribution in [3.05, 3.63) is 58.6 Å². The van der Waals surface area contributed by atoms with Crippen molar-refractivity contribution < 1.29 is 4.39 Å². The van der Waals surface area contributed by atoms with Crippen LogP contribution in [0.5, 0.6) is 0 Å². The van der Waals surface area contributed by atoms with E-state index >= 15 is 0 Å². The Morgan fingerprint density at radius 1 is 1.39 bits per heavy atom. The highest BCUT2D eigenvalue weighted by Gasteiger charge is 2.08. The lowest BCUT2D eigenvalue weighted by Crippen LogP contribution is -2.19. The zero-order valence-electron chi connectivity index (χ0n) is 9.90. The molecule has 2 rings (SSSR count). The Hall–Kier alpha value is -1.52. The van der Waals surface area contributed by atoms with Gasteiger partial charge in [-0.1, -0.05) is 17.7 Å². The van der Waals surface area contributed by atoms with Crippen molar-refractivity contribution in [3.63, 3.8) is 0 Å². The first kappa shape index (κ1) is 12.9. The number of halogens is 2. The first-order valence-corrected chi connectivity index (χ1v) is 5.99. The molecule has 1 heterocycles. The summed E-state index contributed by atoms with van der Waals surface area (Å²) in [7, 11) is 0. The summed E-state index contributed by atoms with van der Waals surface area (Å²) in [6.45, 7) is 2.54. The van der Waals surface area contributed by atoms with Crippen molar-refractivity contribution in [3.8, 4) is 0 Å². The normalized spacial score (nSPS) is 12.4. The van der Waals surface area contributed by atoms with Gasteiger partial charge in [0.15, 0.2) is 0 Å². The van der Waals surface area contributed by atoms with Crippen molar-refractivity contribution in [2.45, 2.75) is 19.5 Å². The summed E-state index contributed by atoms with van der Waals surface area (Å²) in [4.78, 5) is 0. The van der Waals surface area contributed by atoms with Gasteiger partial charge in [0, 0.05) is 18.8 Å². The van der Waals surface area contributed by atoms with E-state index in [0.717, 1.165) is 11.3 Å². The number of aromatic nitrogens is 2. The standard InChI is InChI=1S/C13H13ClFN3/c1-9(10-4-5-12(14)13(15)7-10)16-8-11-3-2-6-17-18-11/h2-7,9,16H,8H2,1H3. The lowest BCUT2D eigenvalue weighted by molar-refractivity contribution is 0.556. The van der Waals surface area contributed by atoms with E-state index < -0.39 is 5.82 Å². The first-order chi connectivity index (χ1) is 8.66. The van der Waals surface area contributed by atoms with Crippen LogP contribution in [-0.2, 0) is 6.54 Å². The molecule has 0 aliphatic rings. The molecule has 1 unspecified atom stereocenters. The highest BCUT2D eigenvalue weighted by atomic mass is 35.5. The summed E-state index contributed by atoms with van der Waals surface area (Å²) in [5.74, 6) is -0.401. The summed E-state index contributed by atoms with van der Waals surface area (Å²) in [6.07, 6.45) is 1.63. The molecule has 0 spiro atoms. The Morgan fingerprint density at radius 2 is 2.22 bits per heavy atom. The molecule has 5 heteroatoms. The van der Waals surface area contributed by atoms with Crippen LogP contribution < -0.4 is 5.32 Å². The van der Waals surface area contributed by atoms with Gasteiger partial charge in [0.05, 0.1) is 10.7 Å². The fourth-order valence-corrected chi connectivity index (χ4v) is 1.70. The summed E-state index contributed by atoms with van der Waals surface area (Å²) >= 11 is 5.64. The van der Waals surface area contributed by atoms with Gasteiger partial charge in [-0.25, -0.2) is 4.39 Å². The minimum Gasteiger partial charge on any atom is -0.304 e. The van der Waals surface area contributed by atoms with Gasteiger partial charge >= 0.3 is 0 Å². The van der Waals surface area contributed by atoms with Crippen molar-refractivity contribution in [2.75, 3.05) is 0 Å². The third-order valence-electron chi connectivity index (χ3n) is 2.66. The van der Waals surface area contributed by atoms with E-state index in [1.807, 2.05) is 19.1 Å². The van der Waals surface area contributed by atoms with Crippen molar-refractivity contribution >= 4 is 11.6 Å². The minimum absolute atomic E-state index is 0.0128. The molecular formula is C13H13ClFN3. The summed E-state index contributed by atoms with van der Waals surface area (Å²) in [6, 6.07) is 8.54. The molecule has 0 amide bonds. The molecule has 0 radical (unpaired) electrons. The summed E-state index contributed by atoms with van der Waals surface area (Å²) in [5.41, 5.74) is 1.69. The summed E-state index contributed by atoms with van der Waals surface area (Å²) < 4.78 is 13.3. The largest absolute Gasteiger partial charge is 0.304 e. The van der Waals surface area contributed by atoms with E-state index in [4.69, 9.17) is 11.6 Å². The van der Waals surface area contributed by atoms with Gasteiger partial charge in [-0.05, 0) is 36.8 Å². The maximum atomic E-state index is 13.3. The van der Waals surface area contributed by atoms with E-state index in [9.17, 15) is 4.39 Å². The van der Waals surface area contributed by atoms with Gasteiger partial charge in [-0.3, -0.25) is 0 Å². The molecule has 1 N–H and O–H groups in total. The van der Waals surface area contributed by atoms with Gasteiger partial charge < -0.3 is 5.32 Å². The Labute approximate surface area is 110 Å². The Kier molecular flexibility index (Phi) is 4.23. The zero-order valence-corrected chi connectivity index (χ0v) is 10.7. The molecule has 0 fully saturated rings. The molecule has 2 aromatic rings. The van der Waals surface area contributed by atoms with Crippen LogP contribution in [0.1, 0.15) is 24.2 Å². The highest BCUT2D eigenvalue weighted by Crippen LogP contribution is 2.20. The molecule has 0 aliphatic heterocycles. The van der Waals surface area contributed by atoms with Gasteiger partial charge in [0.1, 0.15) is 5.82 Å². The second-order valence-corrected chi connectivity index (χ2v) is 4.40. The third kappa shape index (κ3) is 3.24. The van der Waals surface area contributed by atoms with Crippen LogP contribution in [0.2, 0.25) is 5.02 Å². The average molecular weight is 266 g/mol. The SMILES string of the molecule is CC(NCc1cccnn1)c1ccc(Cl)c(F)c1. The minimum atomic E-state index is -0.401. The number of hydrogen-bond donors (Lipinski definition) is 1. The Bertz CT molecular complexity index is 519. The van der Waals surface area contributed by atoms with E-state index in [1.54, 1.807) is 18.3 Å². The molecule has 0 bridgehead atoms. The van der Waals surface area contributed by atoms with Crippen LogP contribution in [0.4, 0.5) is 4.39 Å². The molecule has 1 aromatic heterocycles. The molecule has 0 saturated carbocycles. The predicted molar refractivity (Wildman–Crippen MR) is 68.7 cm³/mol. The molecule has 18 heavy (non-hydrogen) atoms. The zero-order chi connectivity index (χ0) is 13.0. The number of nitrogens with one attached hydrogen (secondary N) is 1. The summed E-state index contributed by atoms with van der Waals surface area (Å²) in [5, 5.41) is 11.2. The van der Waals surface area contributed by atoms with Crippen LogP contribution >= 0.6 is 11.6 Å². The Balaban J connectivity index is 1.99. The topological polar surface area (TPSA) is 37.8 Å². The molecule has 0 aliphatic carbocycles. The molecule has 94 valence electrons. The third-order valence-corrected chi connectivity index (χ3v) is 2.97. The van der Waals surface area contributed by atoms with Crippen LogP contribution in [-0.4, -0.2) is 10.2 Å². The van der Waals surface area contributed by atoms with Crippen LogP contribution in [0.15, 0.2) is 36.5 Å². The van der Waals surface area contributed by atoms with E-state index in [1.165, 1.54) is 6.07 Å². The van der Waals surface area contributed by atoms with E-state index in [2.05, 4.69) is 15.5 Å². The van der Waals surface area contributed by atoms with Crippen molar-refractivity contribution in [1.82, 2.24) is 15.5 Å². The number of rotatable bonds is 4. The van der Waals surface area contributed by atoms with Crippen LogP contribution in [0.3, 0.4) is 0 Å². The van der Waals surface area contributed by atoms with Gasteiger partial charge in [0.25, 0.3) is 0 Å². The van der Waals surface area contributed by atoms with Crippen molar-refractivity contribution in [1.29, 1.82) is 0 Å². The van der Waals surface area contributed by atoms with Gasteiger partial charge in [0.2, 0.25) is 0 Å². The molecule has 1 atom stereocenters. The highest BCUT2D eigenvalue weighted by molar-refractivity contribution is 6.30. The van der Waals surface area contributed by atoms with E-state index in [0.29, 0.717) is 6.54 Å². The average Bonchev–Trinajstić information content (AvgIpc) is 2.40. The lowest BCUT2D eigenvalue weighted by Gasteiger charge is -2.14. The molecule has 1 aromatic carbocycles. The molecular weight excluding hydrogens is 253 g/mol. The maximum Gasteiger partial charge on any atom is 0.142 e. The van der Waals surface area contributed by atoms with Gasteiger partial charge in [-0.2, -0.15) is 10.2 Å². The maximum absolute atomic E-state index is 13.3. The number of benzene rings is 1. The Morgan fingerprint density at radius 3 is 2.89 bits per heavy atom. The predicted octanol–water partition coefficient (Wildman–Crippen LogP) is 3.12. The number of nitrogens with zero attached hydrogens (tertiary/aromatic N) is 2. The van der Waals surface area contributed by atoms with Gasteiger partial charge in [-0.15, -0.1) is 0 Å². The molecule has 3 nitrogen and oxygen atoms in total. The fourth-order valence-electron chi connectivity index (χ4n) is 1.58. The monoisotopic (exact) mass is 265 g/mol. The quantitative estimate of drug-likeness (QED) is 0.923. The van der Waals surface area contributed by atoms with Crippen LogP contribution in [0, 0.1) is 5.82 Å². The molecule has 0 saturated heterocycles. The lowest BCUT2D eigenvalue weighted by atomic mass is 10.1. The van der Waals surface area contributed by atoms with Crippen LogP contribution in [0.25, 0.3) is 0 Å². The van der Waals surface area contributed by atoms with Crippen molar-refractivity contribution in [2.24, 2.45) is 0 Å². The smallest absolute Gasteiger partial charge is 0.142 e. The van der Waals surface area contributed by atoms with E-state index in [-0.39, 0.29) is 11.1 Å². The second kappa shape index (κ2) is 5.89. The number of hydrogen-bond acceptors (Lipinski definition) is 3.